The van der Waals surface area contributed by atoms with Crippen LogP contribution in [0.25, 0.3) is 11.6 Å². The highest BCUT2D eigenvalue weighted by atomic mass is 35.5. The Balaban J connectivity index is 2.09. The number of benzene rings is 1. The van der Waals surface area contributed by atoms with E-state index in [0.717, 1.165) is 5.56 Å². The fourth-order valence-corrected chi connectivity index (χ4v) is 2.21. The van der Waals surface area contributed by atoms with Gasteiger partial charge in [0.05, 0.1) is 17.0 Å². The Morgan fingerprint density at radius 3 is 2.84 bits per heavy atom. The molecule has 0 atom stereocenters. The minimum atomic E-state index is -0.188. The van der Waals surface area contributed by atoms with Crippen LogP contribution in [0.1, 0.15) is 11.3 Å². The van der Waals surface area contributed by atoms with Crippen LogP contribution in [-0.2, 0) is 4.79 Å². The molecule has 94 valence electrons. The molecular weight excluding hydrogens is 285 g/mol. The van der Waals surface area contributed by atoms with Gasteiger partial charge < -0.3 is 5.32 Å². The molecule has 2 aromatic rings. The molecule has 2 heterocycles. The fourth-order valence-electron chi connectivity index (χ4n) is 1.89. The van der Waals surface area contributed by atoms with E-state index in [0.29, 0.717) is 22.0 Å². The summed E-state index contributed by atoms with van der Waals surface area (Å²) in [7, 11) is 0. The summed E-state index contributed by atoms with van der Waals surface area (Å²) in [5.41, 5.74) is 2.60. The normalized spacial score (nSPS) is 15.5. The molecule has 0 aliphatic carbocycles. The molecule has 6 heteroatoms. The molecule has 3 rings (SSSR count). The van der Waals surface area contributed by atoms with E-state index < -0.39 is 0 Å². The molecule has 1 aliphatic heterocycles. The van der Waals surface area contributed by atoms with Crippen LogP contribution in [0.3, 0.4) is 0 Å². The fraction of sp³-hybridized carbons (Fsp3) is 0. The standard InChI is InChI=1S/C13H7Cl2N3O/c14-7-1-2-9-10(12(19)18-11(9)5-7)6-8-3-4-16-13(15)17-8/h1-6H,(H,18,19). The highest BCUT2D eigenvalue weighted by Crippen LogP contribution is 2.34. The van der Waals surface area contributed by atoms with E-state index in [1.54, 1.807) is 30.3 Å². The maximum atomic E-state index is 11.9. The maximum Gasteiger partial charge on any atom is 0.256 e. The summed E-state index contributed by atoms with van der Waals surface area (Å²) in [5, 5.41) is 3.47. The Morgan fingerprint density at radius 1 is 1.21 bits per heavy atom. The van der Waals surface area contributed by atoms with Crippen molar-refractivity contribution in [2.24, 2.45) is 0 Å². The predicted octanol–water partition coefficient (Wildman–Crippen LogP) is 3.28. The molecule has 0 unspecified atom stereocenters. The zero-order valence-corrected chi connectivity index (χ0v) is 11.0. The summed E-state index contributed by atoms with van der Waals surface area (Å²) >= 11 is 11.6. The molecule has 1 N–H and O–H groups in total. The van der Waals surface area contributed by atoms with Gasteiger partial charge in [-0.1, -0.05) is 17.7 Å². The second-order valence-electron chi connectivity index (χ2n) is 3.95. The van der Waals surface area contributed by atoms with Gasteiger partial charge in [0.2, 0.25) is 5.28 Å². The van der Waals surface area contributed by atoms with Crippen LogP contribution in [0, 0.1) is 0 Å². The second kappa shape index (κ2) is 4.64. The van der Waals surface area contributed by atoms with Crippen molar-refractivity contribution in [2.75, 3.05) is 5.32 Å². The minimum Gasteiger partial charge on any atom is -0.321 e. The summed E-state index contributed by atoms with van der Waals surface area (Å²) in [6.45, 7) is 0. The van der Waals surface area contributed by atoms with E-state index in [9.17, 15) is 4.79 Å². The van der Waals surface area contributed by atoms with Crippen molar-refractivity contribution in [2.45, 2.75) is 0 Å². The molecule has 1 aliphatic rings. The first kappa shape index (κ1) is 12.1. The third kappa shape index (κ3) is 2.32. The largest absolute Gasteiger partial charge is 0.321 e. The van der Waals surface area contributed by atoms with Gasteiger partial charge in [-0.25, -0.2) is 9.97 Å². The van der Waals surface area contributed by atoms with Crippen molar-refractivity contribution in [1.29, 1.82) is 0 Å². The van der Waals surface area contributed by atoms with E-state index in [-0.39, 0.29) is 11.2 Å². The number of halogens is 2. The average Bonchev–Trinajstić information content (AvgIpc) is 2.65. The summed E-state index contributed by atoms with van der Waals surface area (Å²) < 4.78 is 0. The summed E-state index contributed by atoms with van der Waals surface area (Å²) in [4.78, 5) is 19.8. The molecule has 4 nitrogen and oxygen atoms in total. The molecule has 1 aromatic heterocycles. The monoisotopic (exact) mass is 291 g/mol. The van der Waals surface area contributed by atoms with E-state index in [1.165, 1.54) is 6.20 Å². The van der Waals surface area contributed by atoms with Crippen LogP contribution in [0.15, 0.2) is 30.5 Å². The number of hydrogen-bond donors (Lipinski definition) is 1. The van der Waals surface area contributed by atoms with E-state index >= 15 is 0 Å². The third-order valence-corrected chi connectivity index (χ3v) is 3.12. The summed E-state index contributed by atoms with van der Waals surface area (Å²) in [6, 6.07) is 6.92. The molecule has 0 bridgehead atoms. The Labute approximate surface area is 119 Å². The Kier molecular flexibility index (Phi) is 2.97. The number of amides is 1. The first-order valence-corrected chi connectivity index (χ1v) is 6.20. The van der Waals surface area contributed by atoms with Crippen LogP contribution in [0.4, 0.5) is 5.69 Å². The van der Waals surface area contributed by atoms with Crippen molar-refractivity contribution in [1.82, 2.24) is 9.97 Å². The lowest BCUT2D eigenvalue weighted by Crippen LogP contribution is -2.03. The second-order valence-corrected chi connectivity index (χ2v) is 4.73. The van der Waals surface area contributed by atoms with Crippen LogP contribution in [0.2, 0.25) is 10.3 Å². The van der Waals surface area contributed by atoms with Gasteiger partial charge in [0.1, 0.15) is 0 Å². The van der Waals surface area contributed by atoms with Gasteiger partial charge in [-0.2, -0.15) is 0 Å². The Hall–Kier alpha value is -1.91. The first-order valence-electron chi connectivity index (χ1n) is 5.45. The zero-order chi connectivity index (χ0) is 13.4. The summed E-state index contributed by atoms with van der Waals surface area (Å²) in [5.74, 6) is -0.188. The minimum absolute atomic E-state index is 0.143. The van der Waals surface area contributed by atoms with E-state index in [2.05, 4.69) is 15.3 Å². The average molecular weight is 292 g/mol. The molecule has 1 aromatic carbocycles. The van der Waals surface area contributed by atoms with Gasteiger partial charge in [-0.15, -0.1) is 0 Å². The van der Waals surface area contributed by atoms with Gasteiger partial charge in [-0.3, -0.25) is 4.79 Å². The number of fused-ring (bicyclic) bond motifs is 1. The zero-order valence-electron chi connectivity index (χ0n) is 9.52. The van der Waals surface area contributed by atoms with Gasteiger partial charge in [0.15, 0.2) is 0 Å². The highest BCUT2D eigenvalue weighted by Gasteiger charge is 2.24. The number of nitrogens with zero attached hydrogens (tertiary/aromatic N) is 2. The quantitative estimate of drug-likeness (QED) is 0.648. The van der Waals surface area contributed by atoms with Gasteiger partial charge >= 0.3 is 0 Å². The van der Waals surface area contributed by atoms with Gasteiger partial charge in [0, 0.05) is 16.8 Å². The number of nitrogens with one attached hydrogen (secondary N) is 1. The topological polar surface area (TPSA) is 54.9 Å². The lowest BCUT2D eigenvalue weighted by atomic mass is 10.1. The van der Waals surface area contributed by atoms with Crippen LogP contribution in [-0.4, -0.2) is 15.9 Å². The van der Waals surface area contributed by atoms with Crippen molar-refractivity contribution in [3.63, 3.8) is 0 Å². The molecule has 19 heavy (non-hydrogen) atoms. The van der Waals surface area contributed by atoms with Crippen molar-refractivity contribution in [3.8, 4) is 0 Å². The molecule has 0 fully saturated rings. The first-order chi connectivity index (χ1) is 9.13. The molecule has 1 amide bonds. The Morgan fingerprint density at radius 2 is 2.05 bits per heavy atom. The van der Waals surface area contributed by atoms with Crippen LogP contribution in [0.5, 0.6) is 0 Å². The number of hydrogen-bond acceptors (Lipinski definition) is 3. The predicted molar refractivity (Wildman–Crippen MR) is 75.0 cm³/mol. The van der Waals surface area contributed by atoms with E-state index in [4.69, 9.17) is 23.2 Å². The smallest absolute Gasteiger partial charge is 0.256 e. The van der Waals surface area contributed by atoms with Crippen molar-refractivity contribution >= 4 is 46.4 Å². The lowest BCUT2D eigenvalue weighted by Gasteiger charge is -1.99. The SMILES string of the molecule is O=C1Nc2cc(Cl)ccc2C1=Cc1ccnc(Cl)n1. The Bertz CT molecular complexity index is 713. The number of rotatable bonds is 1. The molecule has 0 spiro atoms. The third-order valence-electron chi connectivity index (χ3n) is 2.70. The van der Waals surface area contributed by atoms with Gasteiger partial charge in [-0.05, 0) is 35.9 Å². The van der Waals surface area contributed by atoms with Gasteiger partial charge in [0.25, 0.3) is 5.91 Å². The van der Waals surface area contributed by atoms with Crippen LogP contribution < -0.4 is 5.32 Å². The number of anilines is 1. The number of aromatic nitrogens is 2. The number of carbonyl (C=O) groups is 1. The highest BCUT2D eigenvalue weighted by molar-refractivity contribution is 6.36. The van der Waals surface area contributed by atoms with Crippen molar-refractivity contribution < 1.29 is 4.79 Å². The van der Waals surface area contributed by atoms with E-state index in [1.807, 2.05) is 0 Å². The number of carbonyl (C=O) groups excluding carboxylic acids is 1. The molecule has 0 saturated carbocycles. The van der Waals surface area contributed by atoms with Crippen LogP contribution >= 0.6 is 23.2 Å². The molecular formula is C13H7Cl2N3O. The maximum absolute atomic E-state index is 11.9. The molecule has 0 radical (unpaired) electrons. The molecule has 0 saturated heterocycles. The summed E-state index contributed by atoms with van der Waals surface area (Å²) in [6.07, 6.45) is 3.21. The lowest BCUT2D eigenvalue weighted by molar-refractivity contribution is -0.110. The van der Waals surface area contributed by atoms with Crippen molar-refractivity contribution in [3.05, 3.63) is 52.0 Å².